The highest BCUT2D eigenvalue weighted by molar-refractivity contribution is 6.18. The number of halogens is 1. The molecular weight excluding hydrogens is 276 g/mol. The summed E-state index contributed by atoms with van der Waals surface area (Å²) >= 11 is 5.59. The Balaban J connectivity index is 2.38. The van der Waals surface area contributed by atoms with E-state index in [1.54, 1.807) is 18.2 Å². The monoisotopic (exact) mass is 289 g/mol. The Morgan fingerprint density at radius 2 is 2.10 bits per heavy atom. The standard InChI is InChI=1S/C16H14ClO3/c1-19-16(18)15-8-3-2-7-14(15)12-5-4-6-13(11-12)20-10-9-17/h2-5,7-8,11H,9-10H2,1H3. The zero-order valence-electron chi connectivity index (χ0n) is 11.1. The minimum absolute atomic E-state index is 0.364. The van der Waals surface area contributed by atoms with E-state index in [0.717, 1.165) is 11.1 Å². The number of hydrogen-bond donors (Lipinski definition) is 0. The molecule has 2 rings (SSSR count). The predicted molar refractivity (Wildman–Crippen MR) is 78.3 cm³/mol. The van der Waals surface area contributed by atoms with Crippen LogP contribution in [0.4, 0.5) is 0 Å². The van der Waals surface area contributed by atoms with E-state index in [1.165, 1.54) is 7.11 Å². The van der Waals surface area contributed by atoms with Crippen LogP contribution in [-0.4, -0.2) is 25.6 Å². The van der Waals surface area contributed by atoms with Gasteiger partial charge >= 0.3 is 5.97 Å². The predicted octanol–water partition coefficient (Wildman–Crippen LogP) is 3.56. The number of benzene rings is 2. The van der Waals surface area contributed by atoms with Crippen molar-refractivity contribution in [1.29, 1.82) is 0 Å². The maximum absolute atomic E-state index is 11.8. The molecule has 0 atom stereocenters. The summed E-state index contributed by atoms with van der Waals surface area (Å²) in [6.45, 7) is 0.417. The molecule has 0 saturated heterocycles. The fourth-order valence-electron chi connectivity index (χ4n) is 1.87. The van der Waals surface area contributed by atoms with E-state index in [-0.39, 0.29) is 5.97 Å². The fraction of sp³-hybridized carbons (Fsp3) is 0.188. The Morgan fingerprint density at radius 3 is 2.85 bits per heavy atom. The molecular formula is C16H14ClO3. The van der Waals surface area contributed by atoms with Gasteiger partial charge in [-0.3, -0.25) is 0 Å². The highest BCUT2D eigenvalue weighted by Gasteiger charge is 2.12. The van der Waals surface area contributed by atoms with Gasteiger partial charge in [-0.1, -0.05) is 24.3 Å². The van der Waals surface area contributed by atoms with E-state index >= 15 is 0 Å². The molecule has 0 amide bonds. The second-order valence-electron chi connectivity index (χ2n) is 4.02. The van der Waals surface area contributed by atoms with Crippen LogP contribution in [0, 0.1) is 6.07 Å². The molecule has 0 aliphatic heterocycles. The van der Waals surface area contributed by atoms with Gasteiger partial charge in [-0.05, 0) is 29.3 Å². The molecule has 103 valence electrons. The molecule has 0 N–H and O–H groups in total. The van der Waals surface area contributed by atoms with Crippen LogP contribution in [0.5, 0.6) is 5.75 Å². The van der Waals surface area contributed by atoms with E-state index in [2.05, 4.69) is 6.07 Å². The Morgan fingerprint density at radius 1 is 1.30 bits per heavy atom. The number of alkyl halides is 1. The van der Waals surface area contributed by atoms with Crippen LogP contribution in [0.15, 0.2) is 42.5 Å². The second-order valence-corrected chi connectivity index (χ2v) is 4.39. The molecule has 0 aliphatic rings. The summed E-state index contributed by atoms with van der Waals surface area (Å²) in [6, 6.07) is 15.7. The first kappa shape index (κ1) is 14.4. The first-order chi connectivity index (χ1) is 9.76. The lowest BCUT2D eigenvalue weighted by Crippen LogP contribution is -2.03. The zero-order chi connectivity index (χ0) is 14.4. The molecule has 3 nitrogen and oxygen atoms in total. The van der Waals surface area contributed by atoms with Crippen LogP contribution in [0.2, 0.25) is 0 Å². The van der Waals surface area contributed by atoms with E-state index < -0.39 is 0 Å². The van der Waals surface area contributed by atoms with Crippen molar-refractivity contribution >= 4 is 17.6 Å². The normalized spacial score (nSPS) is 10.1. The summed E-state index contributed by atoms with van der Waals surface area (Å²) in [5.41, 5.74) is 2.18. The highest BCUT2D eigenvalue weighted by Crippen LogP contribution is 2.27. The molecule has 2 aromatic carbocycles. The van der Waals surface area contributed by atoms with Gasteiger partial charge in [0.15, 0.2) is 0 Å². The number of carbonyl (C=O) groups excluding carboxylic acids is 1. The van der Waals surface area contributed by atoms with Crippen LogP contribution >= 0.6 is 11.6 Å². The quantitative estimate of drug-likeness (QED) is 0.624. The Hall–Kier alpha value is -2.00. The lowest BCUT2D eigenvalue weighted by Gasteiger charge is -2.10. The third kappa shape index (κ3) is 3.31. The molecule has 0 saturated carbocycles. The van der Waals surface area contributed by atoms with E-state index in [0.29, 0.717) is 23.8 Å². The largest absolute Gasteiger partial charge is 0.492 e. The minimum Gasteiger partial charge on any atom is -0.492 e. The average molecular weight is 290 g/mol. The molecule has 4 heteroatoms. The summed E-state index contributed by atoms with van der Waals surface area (Å²) in [5.74, 6) is 0.649. The summed E-state index contributed by atoms with van der Waals surface area (Å²) in [4.78, 5) is 11.8. The highest BCUT2D eigenvalue weighted by atomic mass is 35.5. The van der Waals surface area contributed by atoms with Crippen LogP contribution < -0.4 is 4.74 Å². The molecule has 1 radical (unpaired) electrons. The van der Waals surface area contributed by atoms with Gasteiger partial charge in [0.1, 0.15) is 12.4 Å². The molecule has 0 spiro atoms. The van der Waals surface area contributed by atoms with Gasteiger partial charge in [-0.15, -0.1) is 11.6 Å². The molecule has 0 heterocycles. The van der Waals surface area contributed by atoms with E-state index in [9.17, 15) is 4.79 Å². The van der Waals surface area contributed by atoms with Crippen LogP contribution in [0.1, 0.15) is 10.4 Å². The van der Waals surface area contributed by atoms with Crippen molar-refractivity contribution in [3.8, 4) is 16.9 Å². The first-order valence-corrected chi connectivity index (χ1v) is 6.68. The first-order valence-electron chi connectivity index (χ1n) is 6.14. The Bertz CT molecular complexity index is 596. The second kappa shape index (κ2) is 6.96. The maximum atomic E-state index is 11.8. The summed E-state index contributed by atoms with van der Waals surface area (Å²) in [5, 5.41) is 0. The number of carbonyl (C=O) groups is 1. The van der Waals surface area contributed by atoms with Gasteiger partial charge in [-0.2, -0.15) is 0 Å². The molecule has 20 heavy (non-hydrogen) atoms. The lowest BCUT2D eigenvalue weighted by molar-refractivity contribution is 0.0601. The number of ether oxygens (including phenoxy) is 2. The van der Waals surface area contributed by atoms with Gasteiger partial charge in [0.05, 0.1) is 18.6 Å². The van der Waals surface area contributed by atoms with Gasteiger partial charge < -0.3 is 9.47 Å². The third-order valence-corrected chi connectivity index (χ3v) is 2.91. The van der Waals surface area contributed by atoms with Crippen LogP contribution in [0.3, 0.4) is 0 Å². The summed E-state index contributed by atoms with van der Waals surface area (Å²) in [6.07, 6.45) is 0. The molecule has 0 aromatic heterocycles. The molecule has 2 aromatic rings. The van der Waals surface area contributed by atoms with Crippen molar-refractivity contribution in [3.63, 3.8) is 0 Å². The summed E-state index contributed by atoms with van der Waals surface area (Å²) in [7, 11) is 1.37. The topological polar surface area (TPSA) is 35.5 Å². The van der Waals surface area contributed by atoms with Crippen LogP contribution in [0.25, 0.3) is 11.1 Å². The maximum Gasteiger partial charge on any atom is 0.338 e. The lowest BCUT2D eigenvalue weighted by atomic mass is 9.99. The van der Waals surface area contributed by atoms with Crippen molar-refractivity contribution in [1.82, 2.24) is 0 Å². The average Bonchev–Trinajstić information content (AvgIpc) is 2.52. The van der Waals surface area contributed by atoms with Gasteiger partial charge in [0.25, 0.3) is 0 Å². The van der Waals surface area contributed by atoms with E-state index in [1.807, 2.05) is 24.3 Å². The van der Waals surface area contributed by atoms with Crippen molar-refractivity contribution in [2.45, 2.75) is 0 Å². The molecule has 0 fully saturated rings. The van der Waals surface area contributed by atoms with Gasteiger partial charge in [-0.25, -0.2) is 4.79 Å². The SMILES string of the molecule is COC(=O)c1ccccc1-c1cc[c]c(OCCCl)c1. The number of methoxy groups -OCH3 is 1. The molecule has 0 unspecified atom stereocenters. The minimum atomic E-state index is -0.364. The van der Waals surface area contributed by atoms with E-state index in [4.69, 9.17) is 21.1 Å². The number of hydrogen-bond acceptors (Lipinski definition) is 3. The number of esters is 1. The number of rotatable bonds is 5. The van der Waals surface area contributed by atoms with Crippen molar-refractivity contribution in [2.75, 3.05) is 19.6 Å². The molecule has 0 bridgehead atoms. The van der Waals surface area contributed by atoms with Gasteiger partial charge in [0, 0.05) is 6.07 Å². The third-order valence-electron chi connectivity index (χ3n) is 2.75. The Kier molecular flexibility index (Phi) is 5.02. The van der Waals surface area contributed by atoms with Crippen molar-refractivity contribution in [3.05, 3.63) is 54.1 Å². The van der Waals surface area contributed by atoms with Crippen molar-refractivity contribution < 1.29 is 14.3 Å². The fourth-order valence-corrected chi connectivity index (χ4v) is 1.94. The summed E-state index contributed by atoms with van der Waals surface area (Å²) < 4.78 is 10.2. The van der Waals surface area contributed by atoms with Crippen LogP contribution in [-0.2, 0) is 4.74 Å². The van der Waals surface area contributed by atoms with Crippen molar-refractivity contribution in [2.24, 2.45) is 0 Å². The Labute approximate surface area is 123 Å². The van der Waals surface area contributed by atoms with Gasteiger partial charge in [0.2, 0.25) is 0 Å². The molecule has 0 aliphatic carbocycles. The smallest absolute Gasteiger partial charge is 0.338 e. The zero-order valence-corrected chi connectivity index (χ0v) is 11.8.